The summed E-state index contributed by atoms with van der Waals surface area (Å²) >= 11 is 6.07. The van der Waals surface area contributed by atoms with Crippen LogP contribution in [0.3, 0.4) is 0 Å². The number of hydrogen-bond acceptors (Lipinski definition) is 4. The van der Waals surface area contributed by atoms with E-state index < -0.39 is 0 Å². The third-order valence-electron chi connectivity index (χ3n) is 2.62. The van der Waals surface area contributed by atoms with Crippen molar-refractivity contribution in [1.82, 2.24) is 5.43 Å². The maximum Gasteiger partial charge on any atom is 0.240 e. The average Bonchev–Trinajstić information content (AvgIpc) is 2.44. The van der Waals surface area contributed by atoms with Crippen LogP contribution < -0.4 is 14.9 Å². The molecular weight excluding hydrogens is 280 g/mol. The summed E-state index contributed by atoms with van der Waals surface area (Å²) in [5, 5.41) is 4.31. The maximum absolute atomic E-state index is 11.4. The summed E-state index contributed by atoms with van der Waals surface area (Å²) < 4.78 is 10.3. The molecule has 0 heterocycles. The van der Waals surface area contributed by atoms with E-state index in [9.17, 15) is 4.79 Å². The Morgan fingerprint density at radius 2 is 2.15 bits per heavy atom. The minimum absolute atomic E-state index is 0.102. The molecule has 0 saturated heterocycles. The van der Waals surface area contributed by atoms with Gasteiger partial charge in [0.1, 0.15) is 0 Å². The fourth-order valence-electron chi connectivity index (χ4n) is 1.58. The summed E-state index contributed by atoms with van der Waals surface area (Å²) in [7, 11) is 3.05. The molecule has 1 amide bonds. The van der Waals surface area contributed by atoms with Gasteiger partial charge in [-0.2, -0.15) is 5.10 Å². The van der Waals surface area contributed by atoms with Gasteiger partial charge in [-0.15, -0.1) is 0 Å². The molecule has 0 atom stereocenters. The lowest BCUT2D eigenvalue weighted by Crippen LogP contribution is -2.16. The van der Waals surface area contributed by atoms with Crippen molar-refractivity contribution in [3.63, 3.8) is 0 Å². The number of benzene rings is 1. The van der Waals surface area contributed by atoms with Crippen LogP contribution in [-0.2, 0) is 4.79 Å². The molecule has 0 fully saturated rings. The molecular formula is C14H19ClN2O3. The number of amides is 1. The largest absolute Gasteiger partial charge is 0.493 e. The third-order valence-corrected chi connectivity index (χ3v) is 2.90. The molecule has 0 saturated carbocycles. The Balaban J connectivity index is 2.73. The molecule has 110 valence electrons. The highest BCUT2D eigenvalue weighted by atomic mass is 35.5. The van der Waals surface area contributed by atoms with Crippen molar-refractivity contribution in [3.8, 4) is 11.5 Å². The van der Waals surface area contributed by atoms with Crippen molar-refractivity contribution >= 4 is 23.7 Å². The highest BCUT2D eigenvalue weighted by Gasteiger charge is 2.09. The van der Waals surface area contributed by atoms with Crippen LogP contribution in [0.15, 0.2) is 17.2 Å². The van der Waals surface area contributed by atoms with Crippen LogP contribution in [0.25, 0.3) is 0 Å². The number of rotatable bonds is 7. The van der Waals surface area contributed by atoms with Gasteiger partial charge >= 0.3 is 0 Å². The second-order valence-corrected chi connectivity index (χ2v) is 4.54. The summed E-state index contributed by atoms with van der Waals surface area (Å²) in [5.41, 5.74) is 3.18. The zero-order valence-electron chi connectivity index (χ0n) is 11.9. The van der Waals surface area contributed by atoms with E-state index in [2.05, 4.69) is 10.5 Å². The lowest BCUT2D eigenvalue weighted by Gasteiger charge is -2.09. The molecule has 0 aliphatic heterocycles. The number of halogens is 1. The fraction of sp³-hybridized carbons (Fsp3) is 0.429. The zero-order valence-corrected chi connectivity index (χ0v) is 12.7. The molecule has 20 heavy (non-hydrogen) atoms. The summed E-state index contributed by atoms with van der Waals surface area (Å²) in [6, 6.07) is 3.41. The first kappa shape index (κ1) is 16.3. The van der Waals surface area contributed by atoms with Gasteiger partial charge in [0, 0.05) is 6.42 Å². The summed E-state index contributed by atoms with van der Waals surface area (Å²) in [5.74, 6) is 0.881. The van der Waals surface area contributed by atoms with E-state index in [0.717, 1.165) is 12.8 Å². The van der Waals surface area contributed by atoms with Crippen molar-refractivity contribution in [2.45, 2.75) is 26.2 Å². The van der Waals surface area contributed by atoms with Crippen LogP contribution in [-0.4, -0.2) is 26.3 Å². The van der Waals surface area contributed by atoms with Crippen LogP contribution in [0.2, 0.25) is 5.02 Å². The first-order chi connectivity index (χ1) is 9.62. The average molecular weight is 299 g/mol. The SMILES string of the molecule is CCCCC(=O)N/N=C/c1cc(Cl)c(OC)c(OC)c1. The van der Waals surface area contributed by atoms with Gasteiger partial charge in [0.05, 0.1) is 25.5 Å². The van der Waals surface area contributed by atoms with Crippen LogP contribution in [0.1, 0.15) is 31.7 Å². The molecule has 0 aliphatic carbocycles. The van der Waals surface area contributed by atoms with Crippen LogP contribution >= 0.6 is 11.6 Å². The quantitative estimate of drug-likeness (QED) is 0.622. The van der Waals surface area contributed by atoms with Gasteiger partial charge in [0.15, 0.2) is 11.5 Å². The summed E-state index contributed by atoms with van der Waals surface area (Å²) in [6.45, 7) is 2.03. The molecule has 6 heteroatoms. The van der Waals surface area contributed by atoms with Crippen LogP contribution in [0, 0.1) is 0 Å². The standard InChI is InChI=1S/C14H19ClN2O3/c1-4-5-6-13(18)17-16-9-10-7-11(15)14(20-3)12(8-10)19-2/h7-9H,4-6H2,1-3H3,(H,17,18)/b16-9+. The van der Waals surface area contributed by atoms with Crippen molar-refractivity contribution < 1.29 is 14.3 Å². The number of carbonyl (C=O) groups is 1. The molecule has 5 nitrogen and oxygen atoms in total. The second-order valence-electron chi connectivity index (χ2n) is 4.13. The van der Waals surface area contributed by atoms with Gasteiger partial charge in [-0.25, -0.2) is 5.43 Å². The topological polar surface area (TPSA) is 59.9 Å². The van der Waals surface area contributed by atoms with Gasteiger partial charge in [0.25, 0.3) is 0 Å². The predicted molar refractivity (Wildman–Crippen MR) is 79.8 cm³/mol. The molecule has 1 rings (SSSR count). The smallest absolute Gasteiger partial charge is 0.240 e. The molecule has 0 bridgehead atoms. The lowest BCUT2D eigenvalue weighted by molar-refractivity contribution is -0.121. The summed E-state index contributed by atoms with van der Waals surface area (Å²) in [6.07, 6.45) is 3.81. The van der Waals surface area contributed by atoms with Crippen molar-refractivity contribution in [2.24, 2.45) is 5.10 Å². The Bertz CT molecular complexity index is 490. The van der Waals surface area contributed by atoms with E-state index in [0.29, 0.717) is 28.5 Å². The molecule has 0 unspecified atom stereocenters. The number of nitrogens with one attached hydrogen (secondary N) is 1. The summed E-state index contributed by atoms with van der Waals surface area (Å²) in [4.78, 5) is 11.4. The van der Waals surface area contributed by atoms with Gasteiger partial charge in [-0.1, -0.05) is 24.9 Å². The number of ether oxygens (including phenoxy) is 2. The van der Waals surface area contributed by atoms with Crippen LogP contribution in [0.5, 0.6) is 11.5 Å². The molecule has 1 N–H and O–H groups in total. The van der Waals surface area contributed by atoms with Gasteiger partial charge in [0.2, 0.25) is 5.91 Å². The number of nitrogens with zero attached hydrogens (tertiary/aromatic N) is 1. The van der Waals surface area contributed by atoms with E-state index in [-0.39, 0.29) is 5.91 Å². The fourth-order valence-corrected chi connectivity index (χ4v) is 1.88. The molecule has 0 spiro atoms. The first-order valence-corrected chi connectivity index (χ1v) is 6.73. The maximum atomic E-state index is 11.4. The Morgan fingerprint density at radius 1 is 1.40 bits per heavy atom. The molecule has 1 aromatic carbocycles. The van der Waals surface area contributed by atoms with Crippen molar-refractivity contribution in [1.29, 1.82) is 0 Å². The van der Waals surface area contributed by atoms with E-state index >= 15 is 0 Å². The normalized spacial score (nSPS) is 10.6. The monoisotopic (exact) mass is 298 g/mol. The van der Waals surface area contributed by atoms with Crippen molar-refractivity contribution in [3.05, 3.63) is 22.7 Å². The van der Waals surface area contributed by atoms with E-state index in [1.807, 2.05) is 6.92 Å². The number of carbonyl (C=O) groups excluding carboxylic acids is 1. The zero-order chi connectivity index (χ0) is 15.0. The number of methoxy groups -OCH3 is 2. The van der Waals surface area contributed by atoms with Gasteiger partial charge in [-0.05, 0) is 24.1 Å². The number of hydrazone groups is 1. The third kappa shape index (κ3) is 4.74. The van der Waals surface area contributed by atoms with Gasteiger partial charge in [-0.3, -0.25) is 4.79 Å². The first-order valence-electron chi connectivity index (χ1n) is 6.35. The predicted octanol–water partition coefficient (Wildman–Crippen LogP) is 3.00. The van der Waals surface area contributed by atoms with E-state index in [1.165, 1.54) is 20.4 Å². The Labute approximate surface area is 123 Å². The number of hydrogen-bond donors (Lipinski definition) is 1. The highest BCUT2D eigenvalue weighted by molar-refractivity contribution is 6.32. The molecule has 0 aromatic heterocycles. The Morgan fingerprint density at radius 3 is 2.75 bits per heavy atom. The van der Waals surface area contributed by atoms with Crippen molar-refractivity contribution in [2.75, 3.05) is 14.2 Å². The van der Waals surface area contributed by atoms with E-state index in [1.54, 1.807) is 12.1 Å². The minimum Gasteiger partial charge on any atom is -0.493 e. The minimum atomic E-state index is -0.102. The Kier molecular flexibility index (Phi) is 6.87. The highest BCUT2D eigenvalue weighted by Crippen LogP contribution is 2.35. The number of unbranched alkanes of at least 4 members (excludes halogenated alkanes) is 1. The van der Waals surface area contributed by atoms with Gasteiger partial charge < -0.3 is 9.47 Å². The molecule has 1 aromatic rings. The Hall–Kier alpha value is -1.75. The lowest BCUT2D eigenvalue weighted by atomic mass is 10.2. The second kappa shape index (κ2) is 8.43. The van der Waals surface area contributed by atoms with E-state index in [4.69, 9.17) is 21.1 Å². The molecule has 0 radical (unpaired) electrons. The van der Waals surface area contributed by atoms with Crippen LogP contribution in [0.4, 0.5) is 0 Å². The molecule has 0 aliphatic rings.